The SMILES string of the molecule is CN1C[C@@H]2COC[C@H](C1)N(C(=O)c1cccc(O)c1)C2. The third-order valence-electron chi connectivity index (χ3n) is 4.01. The minimum Gasteiger partial charge on any atom is -0.508 e. The quantitative estimate of drug-likeness (QED) is 0.824. The van der Waals surface area contributed by atoms with Crippen molar-refractivity contribution in [3.63, 3.8) is 0 Å². The molecular weight excluding hydrogens is 256 g/mol. The second-order valence-electron chi connectivity index (χ2n) is 5.79. The van der Waals surface area contributed by atoms with E-state index in [9.17, 15) is 9.90 Å². The molecule has 0 aromatic heterocycles. The first kappa shape index (κ1) is 13.4. The molecule has 1 N–H and O–H groups in total. The Bertz CT molecular complexity index is 506. The fraction of sp³-hybridized carbons (Fsp3) is 0.533. The zero-order chi connectivity index (χ0) is 14.1. The second kappa shape index (κ2) is 5.42. The predicted octanol–water partition coefficient (Wildman–Crippen LogP) is 0.795. The van der Waals surface area contributed by atoms with Crippen LogP contribution in [0.4, 0.5) is 0 Å². The Kier molecular flexibility index (Phi) is 3.63. The van der Waals surface area contributed by atoms with Gasteiger partial charge in [-0.2, -0.15) is 0 Å². The van der Waals surface area contributed by atoms with Gasteiger partial charge < -0.3 is 19.6 Å². The van der Waals surface area contributed by atoms with E-state index in [0.29, 0.717) is 24.7 Å². The molecule has 2 heterocycles. The lowest BCUT2D eigenvalue weighted by atomic mass is 10.1. The fourth-order valence-corrected chi connectivity index (χ4v) is 3.13. The molecule has 1 aromatic carbocycles. The maximum atomic E-state index is 12.7. The van der Waals surface area contributed by atoms with Gasteiger partial charge in [0.1, 0.15) is 5.75 Å². The number of likely N-dealkylation sites (N-methyl/N-ethyl adjacent to an activating group) is 1. The standard InChI is InChI=1S/C15H20N2O3/c1-16-6-11-7-17(13(8-16)10-20-9-11)15(19)12-3-2-4-14(18)5-12/h2-5,11,13,18H,6-10H2,1H3/t11-,13-/m0/s1. The van der Waals surface area contributed by atoms with Crippen LogP contribution in [0.5, 0.6) is 5.75 Å². The van der Waals surface area contributed by atoms with Gasteiger partial charge in [-0.05, 0) is 25.2 Å². The van der Waals surface area contributed by atoms with E-state index in [-0.39, 0.29) is 17.7 Å². The van der Waals surface area contributed by atoms with Crippen LogP contribution in [0.25, 0.3) is 0 Å². The van der Waals surface area contributed by atoms with E-state index in [1.165, 1.54) is 6.07 Å². The van der Waals surface area contributed by atoms with E-state index < -0.39 is 0 Å². The number of phenols is 1. The number of amides is 1. The van der Waals surface area contributed by atoms with Gasteiger partial charge in [-0.1, -0.05) is 6.07 Å². The molecule has 0 radical (unpaired) electrons. The van der Waals surface area contributed by atoms with Gasteiger partial charge in [0, 0.05) is 31.1 Å². The highest BCUT2D eigenvalue weighted by molar-refractivity contribution is 5.94. The highest BCUT2D eigenvalue weighted by Crippen LogP contribution is 2.22. The fourth-order valence-electron chi connectivity index (χ4n) is 3.13. The Morgan fingerprint density at radius 1 is 1.30 bits per heavy atom. The van der Waals surface area contributed by atoms with Crippen molar-refractivity contribution in [2.45, 2.75) is 6.04 Å². The molecule has 0 unspecified atom stereocenters. The van der Waals surface area contributed by atoms with Crippen molar-refractivity contribution in [1.82, 2.24) is 9.80 Å². The Balaban J connectivity index is 1.86. The first-order valence-electron chi connectivity index (χ1n) is 7.00. The minimum absolute atomic E-state index is 0.0169. The summed E-state index contributed by atoms with van der Waals surface area (Å²) in [5.41, 5.74) is 0.542. The number of hydrogen-bond acceptors (Lipinski definition) is 4. The number of hydrogen-bond donors (Lipinski definition) is 1. The van der Waals surface area contributed by atoms with Crippen molar-refractivity contribution in [2.24, 2.45) is 5.92 Å². The normalized spacial score (nSPS) is 27.1. The highest BCUT2D eigenvalue weighted by atomic mass is 16.5. The Labute approximate surface area is 118 Å². The summed E-state index contributed by atoms with van der Waals surface area (Å²) in [5.74, 6) is 0.465. The molecule has 3 rings (SSSR count). The van der Waals surface area contributed by atoms with Gasteiger partial charge in [-0.15, -0.1) is 0 Å². The lowest BCUT2D eigenvalue weighted by Crippen LogP contribution is -2.45. The molecular formula is C15H20N2O3. The summed E-state index contributed by atoms with van der Waals surface area (Å²) in [6, 6.07) is 6.65. The van der Waals surface area contributed by atoms with E-state index >= 15 is 0 Å². The van der Waals surface area contributed by atoms with E-state index in [2.05, 4.69) is 11.9 Å². The highest BCUT2D eigenvalue weighted by Gasteiger charge is 2.35. The van der Waals surface area contributed by atoms with Crippen molar-refractivity contribution in [3.8, 4) is 5.75 Å². The summed E-state index contributed by atoms with van der Waals surface area (Å²) < 4.78 is 5.68. The summed E-state index contributed by atoms with van der Waals surface area (Å²) in [4.78, 5) is 16.9. The number of nitrogens with zero attached hydrogens (tertiary/aromatic N) is 2. The predicted molar refractivity (Wildman–Crippen MR) is 74.7 cm³/mol. The number of ether oxygens (including phenoxy) is 1. The minimum atomic E-state index is -0.0169. The third kappa shape index (κ3) is 2.64. The van der Waals surface area contributed by atoms with Gasteiger partial charge in [0.05, 0.1) is 19.3 Å². The number of phenolic OH excluding ortho intramolecular Hbond substituents is 1. The van der Waals surface area contributed by atoms with Crippen molar-refractivity contribution in [2.75, 3.05) is 39.9 Å². The molecule has 108 valence electrons. The maximum absolute atomic E-state index is 12.7. The average Bonchev–Trinajstić information content (AvgIpc) is 2.68. The summed E-state index contributed by atoms with van der Waals surface area (Å²) in [6.45, 7) is 3.82. The van der Waals surface area contributed by atoms with Crippen LogP contribution < -0.4 is 0 Å². The third-order valence-corrected chi connectivity index (χ3v) is 4.01. The molecule has 0 aliphatic carbocycles. The second-order valence-corrected chi connectivity index (χ2v) is 5.79. The van der Waals surface area contributed by atoms with Crippen LogP contribution in [0.15, 0.2) is 24.3 Å². The van der Waals surface area contributed by atoms with Crippen LogP contribution in [-0.4, -0.2) is 66.8 Å². The largest absolute Gasteiger partial charge is 0.508 e. The number of carbonyl (C=O) groups excluding carboxylic acids is 1. The topological polar surface area (TPSA) is 53.0 Å². The van der Waals surface area contributed by atoms with Gasteiger partial charge in [-0.3, -0.25) is 4.79 Å². The average molecular weight is 276 g/mol. The Morgan fingerprint density at radius 3 is 2.95 bits per heavy atom. The molecule has 5 nitrogen and oxygen atoms in total. The van der Waals surface area contributed by atoms with Crippen LogP contribution >= 0.6 is 0 Å². The first-order chi connectivity index (χ1) is 9.63. The molecule has 5 heteroatoms. The van der Waals surface area contributed by atoms with E-state index in [1.807, 2.05) is 4.90 Å². The molecule has 2 aliphatic rings. The lowest BCUT2D eigenvalue weighted by molar-refractivity contribution is 0.0483. The van der Waals surface area contributed by atoms with E-state index in [0.717, 1.165) is 19.6 Å². The number of carbonyl (C=O) groups is 1. The van der Waals surface area contributed by atoms with Gasteiger partial charge in [0.2, 0.25) is 0 Å². The molecule has 0 saturated carbocycles. The first-order valence-corrected chi connectivity index (χ1v) is 7.00. The van der Waals surface area contributed by atoms with E-state index in [4.69, 9.17) is 4.74 Å². The molecule has 2 atom stereocenters. The van der Waals surface area contributed by atoms with E-state index in [1.54, 1.807) is 18.2 Å². The van der Waals surface area contributed by atoms with Crippen LogP contribution in [0.2, 0.25) is 0 Å². The van der Waals surface area contributed by atoms with Crippen molar-refractivity contribution >= 4 is 5.91 Å². The monoisotopic (exact) mass is 276 g/mol. The van der Waals surface area contributed by atoms with Crippen LogP contribution in [0.1, 0.15) is 10.4 Å². The van der Waals surface area contributed by atoms with Crippen molar-refractivity contribution < 1.29 is 14.6 Å². The molecule has 0 spiro atoms. The summed E-state index contributed by atoms with van der Waals surface area (Å²) in [7, 11) is 2.09. The summed E-state index contributed by atoms with van der Waals surface area (Å²) in [6.07, 6.45) is 0. The van der Waals surface area contributed by atoms with Gasteiger partial charge in [-0.25, -0.2) is 0 Å². The van der Waals surface area contributed by atoms with Crippen molar-refractivity contribution in [3.05, 3.63) is 29.8 Å². The molecule has 1 aromatic rings. The molecule has 2 fully saturated rings. The lowest BCUT2D eigenvalue weighted by Gasteiger charge is -2.29. The number of benzene rings is 1. The molecule has 2 saturated heterocycles. The van der Waals surface area contributed by atoms with Gasteiger partial charge >= 0.3 is 0 Å². The van der Waals surface area contributed by atoms with Crippen molar-refractivity contribution in [1.29, 1.82) is 0 Å². The Hall–Kier alpha value is -1.59. The Morgan fingerprint density at radius 2 is 2.15 bits per heavy atom. The summed E-state index contributed by atoms with van der Waals surface area (Å²) >= 11 is 0. The maximum Gasteiger partial charge on any atom is 0.254 e. The van der Waals surface area contributed by atoms with Gasteiger partial charge in [0.15, 0.2) is 0 Å². The van der Waals surface area contributed by atoms with Crippen LogP contribution in [0, 0.1) is 5.92 Å². The van der Waals surface area contributed by atoms with Crippen LogP contribution in [-0.2, 0) is 4.74 Å². The van der Waals surface area contributed by atoms with Crippen LogP contribution in [0.3, 0.4) is 0 Å². The molecule has 2 aliphatic heterocycles. The zero-order valence-electron chi connectivity index (χ0n) is 11.7. The number of aromatic hydroxyl groups is 1. The van der Waals surface area contributed by atoms with Gasteiger partial charge in [0.25, 0.3) is 5.91 Å². The zero-order valence-corrected chi connectivity index (χ0v) is 11.7. The summed E-state index contributed by atoms with van der Waals surface area (Å²) in [5, 5.41) is 9.54. The molecule has 1 amide bonds. The number of fused-ring (bicyclic) bond motifs is 3. The number of rotatable bonds is 1. The smallest absolute Gasteiger partial charge is 0.254 e. The molecule has 20 heavy (non-hydrogen) atoms. The molecule has 2 bridgehead atoms.